The van der Waals surface area contributed by atoms with Crippen molar-refractivity contribution >= 4 is 0 Å². The minimum atomic E-state index is 0.0165. The molecule has 2 atom stereocenters. The van der Waals surface area contributed by atoms with E-state index in [9.17, 15) is 0 Å². The summed E-state index contributed by atoms with van der Waals surface area (Å²) in [4.78, 5) is 0. The summed E-state index contributed by atoms with van der Waals surface area (Å²) in [5.41, 5.74) is 0. The maximum Gasteiger partial charge on any atom is 0.0930 e. The molecule has 60 valence electrons. The molecule has 2 N–H and O–H groups in total. The zero-order valence-electron chi connectivity index (χ0n) is 6.34. The molecule has 1 aliphatic rings. The van der Waals surface area contributed by atoms with Crippen LogP contribution in [0.15, 0.2) is 0 Å². The summed E-state index contributed by atoms with van der Waals surface area (Å²) in [6.07, 6.45) is 1.11. The van der Waals surface area contributed by atoms with E-state index in [4.69, 9.17) is 9.84 Å². The number of hydrogen-bond donors (Lipinski definition) is 2. The molecule has 0 amide bonds. The molecule has 1 heterocycles. The number of rotatable bonds is 2. The van der Waals surface area contributed by atoms with Crippen molar-refractivity contribution in [2.75, 3.05) is 19.8 Å². The number of ether oxygens (including phenoxy) is 1. The first kappa shape index (κ1) is 7.98. The molecule has 2 unspecified atom stereocenters. The topological polar surface area (TPSA) is 41.5 Å². The lowest BCUT2D eigenvalue weighted by Crippen LogP contribution is -2.47. The second-order valence-corrected chi connectivity index (χ2v) is 2.65. The van der Waals surface area contributed by atoms with Crippen molar-refractivity contribution in [3.8, 4) is 0 Å². The smallest absolute Gasteiger partial charge is 0.0930 e. The van der Waals surface area contributed by atoms with Crippen molar-refractivity contribution in [1.29, 1.82) is 0 Å². The Morgan fingerprint density at radius 3 is 2.90 bits per heavy atom. The van der Waals surface area contributed by atoms with Crippen LogP contribution in [0.25, 0.3) is 0 Å². The molecule has 1 rings (SSSR count). The molecule has 0 bridgehead atoms. The Morgan fingerprint density at radius 1 is 1.70 bits per heavy atom. The zero-order chi connectivity index (χ0) is 7.40. The van der Waals surface area contributed by atoms with Gasteiger partial charge in [0.1, 0.15) is 0 Å². The van der Waals surface area contributed by atoms with E-state index in [2.05, 4.69) is 12.2 Å². The molecule has 0 saturated carbocycles. The molecule has 0 radical (unpaired) electrons. The third-order valence-electron chi connectivity index (χ3n) is 1.86. The van der Waals surface area contributed by atoms with E-state index in [0.717, 1.165) is 19.6 Å². The lowest BCUT2D eigenvalue weighted by molar-refractivity contribution is -0.0258. The normalized spacial score (nSPS) is 34.2. The van der Waals surface area contributed by atoms with Crippen LogP contribution in [-0.4, -0.2) is 37.0 Å². The summed E-state index contributed by atoms with van der Waals surface area (Å²) in [5, 5.41) is 12.0. The monoisotopic (exact) mass is 145 g/mol. The molecule has 1 saturated heterocycles. The molecule has 0 aromatic heterocycles. The molecule has 0 aliphatic carbocycles. The third kappa shape index (κ3) is 1.94. The first-order valence-electron chi connectivity index (χ1n) is 3.82. The Bertz CT molecular complexity index is 77.6. The highest BCUT2D eigenvalue weighted by Gasteiger charge is 2.17. The predicted molar refractivity (Wildman–Crippen MR) is 38.9 cm³/mol. The van der Waals surface area contributed by atoms with Crippen LogP contribution in [0.3, 0.4) is 0 Å². The third-order valence-corrected chi connectivity index (χ3v) is 1.86. The van der Waals surface area contributed by atoms with Crippen molar-refractivity contribution in [2.45, 2.75) is 25.5 Å². The van der Waals surface area contributed by atoms with Gasteiger partial charge in [-0.05, 0) is 6.42 Å². The Balaban J connectivity index is 2.17. The highest BCUT2D eigenvalue weighted by Crippen LogP contribution is 2.02. The molecule has 3 heteroatoms. The van der Waals surface area contributed by atoms with Crippen molar-refractivity contribution in [3.63, 3.8) is 0 Å². The van der Waals surface area contributed by atoms with E-state index < -0.39 is 0 Å². The van der Waals surface area contributed by atoms with Crippen molar-refractivity contribution in [3.05, 3.63) is 0 Å². The maximum atomic E-state index is 8.68. The Morgan fingerprint density at radius 2 is 2.50 bits per heavy atom. The van der Waals surface area contributed by atoms with Crippen LogP contribution in [0.5, 0.6) is 0 Å². The number of morpholine rings is 1. The van der Waals surface area contributed by atoms with Crippen LogP contribution in [0.4, 0.5) is 0 Å². The highest BCUT2D eigenvalue weighted by atomic mass is 16.5. The van der Waals surface area contributed by atoms with Crippen LogP contribution in [0, 0.1) is 0 Å². The summed E-state index contributed by atoms with van der Waals surface area (Å²) in [6, 6.07) is 0.489. The highest BCUT2D eigenvalue weighted by molar-refractivity contribution is 4.73. The number of hydrogen-bond acceptors (Lipinski definition) is 3. The van der Waals surface area contributed by atoms with Crippen LogP contribution >= 0.6 is 0 Å². The summed E-state index contributed by atoms with van der Waals surface area (Å²) >= 11 is 0. The first-order valence-corrected chi connectivity index (χ1v) is 3.82. The summed E-state index contributed by atoms with van der Waals surface area (Å²) < 4.78 is 5.32. The second kappa shape index (κ2) is 3.91. The van der Waals surface area contributed by atoms with Crippen LogP contribution in [0.2, 0.25) is 0 Å². The maximum absolute atomic E-state index is 8.68. The summed E-state index contributed by atoms with van der Waals surface area (Å²) in [7, 11) is 0. The van der Waals surface area contributed by atoms with Gasteiger partial charge in [0.25, 0.3) is 0 Å². The minimum absolute atomic E-state index is 0.0165. The summed E-state index contributed by atoms with van der Waals surface area (Å²) in [5.74, 6) is 0. The van der Waals surface area contributed by atoms with Crippen molar-refractivity contribution in [2.24, 2.45) is 0 Å². The van der Waals surface area contributed by atoms with E-state index in [0.29, 0.717) is 6.04 Å². The molecule has 3 nitrogen and oxygen atoms in total. The van der Waals surface area contributed by atoms with E-state index in [1.165, 1.54) is 0 Å². The van der Waals surface area contributed by atoms with Gasteiger partial charge in [0.05, 0.1) is 19.3 Å². The zero-order valence-corrected chi connectivity index (χ0v) is 6.34. The van der Waals surface area contributed by atoms with Gasteiger partial charge >= 0.3 is 0 Å². The fourth-order valence-corrected chi connectivity index (χ4v) is 1.05. The van der Waals surface area contributed by atoms with E-state index in [-0.39, 0.29) is 12.7 Å². The van der Waals surface area contributed by atoms with Crippen LogP contribution in [-0.2, 0) is 4.74 Å². The van der Waals surface area contributed by atoms with Crippen molar-refractivity contribution < 1.29 is 9.84 Å². The van der Waals surface area contributed by atoms with Gasteiger partial charge < -0.3 is 15.2 Å². The fourth-order valence-electron chi connectivity index (χ4n) is 1.05. The largest absolute Gasteiger partial charge is 0.394 e. The molecule has 10 heavy (non-hydrogen) atoms. The Hall–Kier alpha value is -0.120. The van der Waals surface area contributed by atoms with E-state index in [1.807, 2.05) is 0 Å². The number of nitrogens with one attached hydrogen (secondary N) is 1. The number of aliphatic hydroxyl groups is 1. The van der Waals surface area contributed by atoms with Gasteiger partial charge in [-0.2, -0.15) is 0 Å². The lowest BCUT2D eigenvalue weighted by Gasteiger charge is -2.28. The average molecular weight is 145 g/mol. The van der Waals surface area contributed by atoms with Gasteiger partial charge in [-0.1, -0.05) is 6.92 Å². The molecular weight excluding hydrogens is 130 g/mol. The van der Waals surface area contributed by atoms with Crippen molar-refractivity contribution in [1.82, 2.24) is 5.32 Å². The van der Waals surface area contributed by atoms with Gasteiger partial charge in [-0.3, -0.25) is 0 Å². The fraction of sp³-hybridized carbons (Fsp3) is 1.00. The van der Waals surface area contributed by atoms with Gasteiger partial charge in [-0.25, -0.2) is 0 Å². The van der Waals surface area contributed by atoms with Gasteiger partial charge in [0.15, 0.2) is 0 Å². The van der Waals surface area contributed by atoms with E-state index >= 15 is 0 Å². The molecule has 0 aromatic carbocycles. The molecule has 1 fully saturated rings. The molecule has 0 aromatic rings. The second-order valence-electron chi connectivity index (χ2n) is 2.65. The lowest BCUT2D eigenvalue weighted by atomic mass is 10.2. The van der Waals surface area contributed by atoms with Gasteiger partial charge in [0, 0.05) is 12.6 Å². The molecular formula is C7H15NO2. The SMILES string of the molecule is CCC1COC(CO)CN1. The standard InChI is InChI=1S/C7H15NO2/c1-2-6-5-10-7(4-9)3-8-6/h6-9H,2-5H2,1H3. The van der Waals surface area contributed by atoms with Crippen LogP contribution < -0.4 is 5.32 Å². The average Bonchev–Trinajstić information content (AvgIpc) is 2.05. The summed E-state index contributed by atoms with van der Waals surface area (Å²) in [6.45, 7) is 3.78. The first-order chi connectivity index (χ1) is 4.86. The van der Waals surface area contributed by atoms with Gasteiger partial charge in [-0.15, -0.1) is 0 Å². The molecule has 0 spiro atoms. The van der Waals surface area contributed by atoms with Crippen LogP contribution in [0.1, 0.15) is 13.3 Å². The van der Waals surface area contributed by atoms with E-state index in [1.54, 1.807) is 0 Å². The minimum Gasteiger partial charge on any atom is -0.394 e. The molecule has 1 aliphatic heterocycles. The number of aliphatic hydroxyl groups excluding tert-OH is 1. The Labute approximate surface area is 61.4 Å². The Kier molecular flexibility index (Phi) is 3.12. The quantitative estimate of drug-likeness (QED) is 0.563. The predicted octanol–water partition coefficient (Wildman–Crippen LogP) is -0.254. The van der Waals surface area contributed by atoms with Gasteiger partial charge in [0.2, 0.25) is 0 Å².